The minimum absolute atomic E-state index is 0.421. The molecule has 2 rings (SSSR count). The molecule has 1 N–H and O–H groups in total. The Bertz CT molecular complexity index is 619. The molecule has 0 fully saturated rings. The Kier molecular flexibility index (Phi) is 4.27. The normalized spacial score (nSPS) is 10.4. The number of rotatable bonds is 3. The highest BCUT2D eigenvalue weighted by Gasteiger charge is 2.11. The maximum atomic E-state index is 5.94. The van der Waals surface area contributed by atoms with Crippen molar-refractivity contribution in [1.29, 1.82) is 0 Å². The van der Waals surface area contributed by atoms with Gasteiger partial charge in [0.15, 0.2) is 11.0 Å². The Morgan fingerprint density at radius 1 is 1.21 bits per heavy atom. The summed E-state index contributed by atoms with van der Waals surface area (Å²) in [5, 5.41) is 11.6. The number of nitrogens with one attached hydrogen (secondary N) is 1. The van der Waals surface area contributed by atoms with E-state index in [-0.39, 0.29) is 0 Å². The summed E-state index contributed by atoms with van der Waals surface area (Å²) >= 11 is 9.37. The number of methoxy groups -OCH3 is 1. The van der Waals surface area contributed by atoms with Gasteiger partial charge < -0.3 is 10.1 Å². The van der Waals surface area contributed by atoms with E-state index in [1.54, 1.807) is 7.11 Å². The van der Waals surface area contributed by atoms with E-state index >= 15 is 0 Å². The van der Waals surface area contributed by atoms with Crippen LogP contribution in [0.1, 0.15) is 11.1 Å². The zero-order valence-electron chi connectivity index (χ0n) is 10.8. The number of nitrogens with zero attached hydrogens (tertiary/aromatic N) is 2. The molecule has 0 radical (unpaired) electrons. The molecule has 1 heterocycles. The van der Waals surface area contributed by atoms with Gasteiger partial charge in [0.1, 0.15) is 5.75 Å². The molecule has 0 amide bonds. The van der Waals surface area contributed by atoms with Crippen LogP contribution in [0.3, 0.4) is 0 Å². The van der Waals surface area contributed by atoms with Gasteiger partial charge in [-0.25, -0.2) is 0 Å². The van der Waals surface area contributed by atoms with E-state index in [1.807, 2.05) is 32.0 Å². The first-order valence-electron chi connectivity index (χ1n) is 5.63. The Labute approximate surface area is 125 Å². The molecule has 0 atom stereocenters. The number of benzene rings is 1. The van der Waals surface area contributed by atoms with Crippen LogP contribution < -0.4 is 10.1 Å². The van der Waals surface area contributed by atoms with E-state index in [2.05, 4.69) is 31.4 Å². The summed E-state index contributed by atoms with van der Waals surface area (Å²) in [4.78, 5) is 0. The second-order valence-electron chi connectivity index (χ2n) is 4.06. The van der Waals surface area contributed by atoms with Crippen molar-refractivity contribution >= 4 is 39.0 Å². The van der Waals surface area contributed by atoms with Crippen molar-refractivity contribution < 1.29 is 4.74 Å². The van der Waals surface area contributed by atoms with E-state index in [9.17, 15) is 0 Å². The highest BCUT2D eigenvalue weighted by Crippen LogP contribution is 2.31. The largest absolute Gasteiger partial charge is 0.495 e. The summed E-state index contributed by atoms with van der Waals surface area (Å²) in [6, 6.07) is 5.71. The van der Waals surface area contributed by atoms with E-state index in [1.165, 1.54) is 0 Å². The predicted octanol–water partition coefficient (Wildman–Crippen LogP) is 4.26. The summed E-state index contributed by atoms with van der Waals surface area (Å²) in [6.45, 7) is 3.86. The summed E-state index contributed by atoms with van der Waals surface area (Å²) in [6.07, 6.45) is 0. The second-order valence-corrected chi connectivity index (χ2v) is 5.33. The van der Waals surface area contributed by atoms with Crippen molar-refractivity contribution in [2.75, 3.05) is 12.4 Å². The Morgan fingerprint density at radius 2 is 1.95 bits per heavy atom. The van der Waals surface area contributed by atoms with Crippen molar-refractivity contribution in [3.8, 4) is 5.75 Å². The van der Waals surface area contributed by atoms with Gasteiger partial charge in [-0.15, -0.1) is 10.2 Å². The van der Waals surface area contributed by atoms with Gasteiger partial charge in [0, 0.05) is 4.47 Å². The SMILES string of the molecule is COc1ccc(Br)cc1Nc1nnc(Cl)c(C)c1C. The molecule has 0 saturated carbocycles. The zero-order valence-corrected chi connectivity index (χ0v) is 13.1. The van der Waals surface area contributed by atoms with Gasteiger partial charge >= 0.3 is 0 Å². The van der Waals surface area contributed by atoms with Gasteiger partial charge in [-0.1, -0.05) is 27.5 Å². The highest BCUT2D eigenvalue weighted by molar-refractivity contribution is 9.10. The van der Waals surface area contributed by atoms with E-state index in [0.717, 1.165) is 27.0 Å². The van der Waals surface area contributed by atoms with Gasteiger partial charge in [0.25, 0.3) is 0 Å². The van der Waals surface area contributed by atoms with Gasteiger partial charge in [0.05, 0.1) is 12.8 Å². The number of halogens is 2. The Balaban J connectivity index is 2.41. The maximum Gasteiger partial charge on any atom is 0.156 e. The molecule has 0 bridgehead atoms. The van der Waals surface area contributed by atoms with Crippen LogP contribution in [0.5, 0.6) is 5.75 Å². The zero-order chi connectivity index (χ0) is 14.0. The number of aromatic nitrogens is 2. The molecule has 0 aliphatic heterocycles. The van der Waals surface area contributed by atoms with Crippen LogP contribution in [0.25, 0.3) is 0 Å². The molecule has 0 aliphatic carbocycles. The van der Waals surface area contributed by atoms with Crippen LogP contribution in [-0.2, 0) is 0 Å². The van der Waals surface area contributed by atoms with E-state index < -0.39 is 0 Å². The molecule has 4 nitrogen and oxygen atoms in total. The lowest BCUT2D eigenvalue weighted by atomic mass is 10.2. The third-order valence-corrected chi connectivity index (χ3v) is 3.73. The maximum absolute atomic E-state index is 5.94. The van der Waals surface area contributed by atoms with Crippen molar-refractivity contribution in [3.63, 3.8) is 0 Å². The van der Waals surface area contributed by atoms with Crippen LogP contribution in [0.4, 0.5) is 11.5 Å². The lowest BCUT2D eigenvalue weighted by Crippen LogP contribution is -2.02. The molecular formula is C13H13BrClN3O. The third kappa shape index (κ3) is 2.98. The first kappa shape index (κ1) is 14.1. The number of anilines is 2. The molecule has 1 aromatic heterocycles. The van der Waals surface area contributed by atoms with Crippen LogP contribution >= 0.6 is 27.5 Å². The van der Waals surface area contributed by atoms with Crippen LogP contribution in [0.2, 0.25) is 5.15 Å². The third-order valence-electron chi connectivity index (χ3n) is 2.88. The van der Waals surface area contributed by atoms with Crippen molar-refractivity contribution in [2.45, 2.75) is 13.8 Å². The topological polar surface area (TPSA) is 47.0 Å². The quantitative estimate of drug-likeness (QED) is 0.905. The van der Waals surface area contributed by atoms with Crippen molar-refractivity contribution in [1.82, 2.24) is 10.2 Å². The predicted molar refractivity (Wildman–Crippen MR) is 80.5 cm³/mol. The molecule has 100 valence electrons. The van der Waals surface area contributed by atoms with Gasteiger partial charge in [-0.2, -0.15) is 0 Å². The summed E-state index contributed by atoms with van der Waals surface area (Å²) in [5.74, 6) is 1.40. The average molecular weight is 343 g/mol. The van der Waals surface area contributed by atoms with Gasteiger partial charge in [0.2, 0.25) is 0 Å². The fourth-order valence-corrected chi connectivity index (χ4v) is 2.14. The molecule has 6 heteroatoms. The van der Waals surface area contributed by atoms with Gasteiger partial charge in [-0.05, 0) is 43.2 Å². The number of ether oxygens (including phenoxy) is 1. The Morgan fingerprint density at radius 3 is 2.63 bits per heavy atom. The first-order chi connectivity index (χ1) is 9.02. The van der Waals surface area contributed by atoms with Crippen molar-refractivity contribution in [2.24, 2.45) is 0 Å². The average Bonchev–Trinajstić information content (AvgIpc) is 2.40. The summed E-state index contributed by atoms with van der Waals surface area (Å²) in [5.41, 5.74) is 2.69. The monoisotopic (exact) mass is 341 g/mol. The minimum Gasteiger partial charge on any atom is -0.495 e. The van der Waals surface area contributed by atoms with Crippen molar-refractivity contribution in [3.05, 3.63) is 39.0 Å². The van der Waals surface area contributed by atoms with E-state index in [4.69, 9.17) is 16.3 Å². The second kappa shape index (κ2) is 5.75. The number of hydrogen-bond acceptors (Lipinski definition) is 4. The molecule has 1 aromatic carbocycles. The molecule has 2 aromatic rings. The molecule has 19 heavy (non-hydrogen) atoms. The molecule has 0 spiro atoms. The Hall–Kier alpha value is -1.33. The number of hydrogen-bond donors (Lipinski definition) is 1. The summed E-state index contributed by atoms with van der Waals surface area (Å²) < 4.78 is 6.26. The fourth-order valence-electron chi connectivity index (χ4n) is 1.60. The highest BCUT2D eigenvalue weighted by atomic mass is 79.9. The van der Waals surface area contributed by atoms with Crippen LogP contribution in [0.15, 0.2) is 22.7 Å². The standard InChI is InChI=1S/C13H13BrClN3O/c1-7-8(2)13(18-17-12(7)15)16-10-6-9(14)4-5-11(10)19-3/h4-6H,1-3H3,(H,16,18). The minimum atomic E-state index is 0.421. The molecule has 0 saturated heterocycles. The lowest BCUT2D eigenvalue weighted by Gasteiger charge is -2.13. The van der Waals surface area contributed by atoms with E-state index in [0.29, 0.717) is 11.0 Å². The molecular weight excluding hydrogens is 330 g/mol. The van der Waals surface area contributed by atoms with Crippen LogP contribution in [0, 0.1) is 13.8 Å². The van der Waals surface area contributed by atoms with Crippen LogP contribution in [-0.4, -0.2) is 17.3 Å². The first-order valence-corrected chi connectivity index (χ1v) is 6.80. The molecule has 0 aliphatic rings. The summed E-state index contributed by atoms with van der Waals surface area (Å²) in [7, 11) is 1.63. The molecule has 0 unspecified atom stereocenters. The smallest absolute Gasteiger partial charge is 0.156 e. The fraction of sp³-hybridized carbons (Fsp3) is 0.231. The van der Waals surface area contributed by atoms with Gasteiger partial charge in [-0.3, -0.25) is 0 Å². The lowest BCUT2D eigenvalue weighted by molar-refractivity contribution is 0.416.